The molecular formula is C19H23FN4O2. The molecular weight excluding hydrogens is 335 g/mol. The Labute approximate surface area is 152 Å². The van der Waals surface area contributed by atoms with Gasteiger partial charge in [0, 0.05) is 30.9 Å². The molecule has 0 saturated carbocycles. The van der Waals surface area contributed by atoms with Gasteiger partial charge >= 0.3 is 0 Å². The first kappa shape index (κ1) is 18.3. The van der Waals surface area contributed by atoms with Crippen molar-refractivity contribution in [2.45, 2.75) is 26.3 Å². The molecule has 1 aliphatic heterocycles. The summed E-state index contributed by atoms with van der Waals surface area (Å²) in [6, 6.07) is 6.07. The van der Waals surface area contributed by atoms with E-state index in [1.54, 1.807) is 18.3 Å². The van der Waals surface area contributed by atoms with E-state index in [0.717, 1.165) is 6.42 Å². The van der Waals surface area contributed by atoms with Gasteiger partial charge < -0.3 is 15.0 Å². The summed E-state index contributed by atoms with van der Waals surface area (Å²) in [7, 11) is 0. The molecule has 1 saturated heterocycles. The zero-order chi connectivity index (χ0) is 18.5. The number of amides is 1. The molecule has 7 heteroatoms. The number of aromatic nitrogens is 2. The van der Waals surface area contributed by atoms with Gasteiger partial charge in [-0.05, 0) is 37.6 Å². The minimum Gasteiger partial charge on any atom is -0.378 e. The first-order valence-electron chi connectivity index (χ1n) is 8.85. The van der Waals surface area contributed by atoms with Crippen LogP contribution in [-0.4, -0.2) is 48.2 Å². The molecule has 1 fully saturated rings. The standard InChI is InChI=1S/C19H23FN4O2/c1-3-13(2)22-19(25)16-12-21-17(14-4-6-15(20)7-5-14)23-18(16)24-8-10-26-11-9-24/h4-7,12-13H,3,8-11H2,1-2H3,(H,22,25). The second kappa shape index (κ2) is 8.23. The molecule has 2 aromatic rings. The van der Waals surface area contributed by atoms with E-state index in [9.17, 15) is 9.18 Å². The molecule has 1 amide bonds. The van der Waals surface area contributed by atoms with E-state index in [1.807, 2.05) is 18.7 Å². The fourth-order valence-electron chi connectivity index (χ4n) is 2.69. The second-order valence-corrected chi connectivity index (χ2v) is 6.32. The largest absolute Gasteiger partial charge is 0.378 e. The van der Waals surface area contributed by atoms with E-state index in [0.29, 0.717) is 49.1 Å². The van der Waals surface area contributed by atoms with Crippen molar-refractivity contribution in [3.8, 4) is 11.4 Å². The van der Waals surface area contributed by atoms with E-state index in [-0.39, 0.29) is 17.8 Å². The van der Waals surface area contributed by atoms with Gasteiger partial charge in [-0.15, -0.1) is 0 Å². The second-order valence-electron chi connectivity index (χ2n) is 6.32. The summed E-state index contributed by atoms with van der Waals surface area (Å²) in [5.74, 6) is 0.549. The van der Waals surface area contributed by atoms with Crippen LogP contribution in [0.2, 0.25) is 0 Å². The predicted molar refractivity (Wildman–Crippen MR) is 97.7 cm³/mol. The lowest BCUT2D eigenvalue weighted by Gasteiger charge is -2.29. The average molecular weight is 358 g/mol. The fraction of sp³-hybridized carbons (Fsp3) is 0.421. The summed E-state index contributed by atoms with van der Waals surface area (Å²) in [6.07, 6.45) is 2.39. The van der Waals surface area contributed by atoms with Gasteiger partial charge in [0.2, 0.25) is 0 Å². The van der Waals surface area contributed by atoms with E-state index in [1.165, 1.54) is 12.1 Å². The topological polar surface area (TPSA) is 67.4 Å². The van der Waals surface area contributed by atoms with Crippen molar-refractivity contribution in [2.75, 3.05) is 31.2 Å². The zero-order valence-electron chi connectivity index (χ0n) is 15.0. The third-order valence-electron chi connectivity index (χ3n) is 4.42. The van der Waals surface area contributed by atoms with Crippen LogP contribution in [0, 0.1) is 5.82 Å². The highest BCUT2D eigenvalue weighted by Gasteiger charge is 2.22. The van der Waals surface area contributed by atoms with Crippen molar-refractivity contribution >= 4 is 11.7 Å². The van der Waals surface area contributed by atoms with Gasteiger partial charge in [0.15, 0.2) is 5.82 Å². The molecule has 3 rings (SSSR count). The Balaban J connectivity index is 1.97. The minimum atomic E-state index is -0.313. The van der Waals surface area contributed by atoms with Crippen LogP contribution in [-0.2, 0) is 4.74 Å². The fourth-order valence-corrected chi connectivity index (χ4v) is 2.69. The quantitative estimate of drug-likeness (QED) is 0.890. The molecule has 1 unspecified atom stereocenters. The van der Waals surface area contributed by atoms with E-state index in [4.69, 9.17) is 4.74 Å². The number of nitrogens with zero attached hydrogens (tertiary/aromatic N) is 3. The highest BCUT2D eigenvalue weighted by Crippen LogP contribution is 2.23. The molecule has 1 aromatic carbocycles. The van der Waals surface area contributed by atoms with Crippen LogP contribution in [0.25, 0.3) is 11.4 Å². The molecule has 0 bridgehead atoms. The van der Waals surface area contributed by atoms with Crippen LogP contribution >= 0.6 is 0 Å². The van der Waals surface area contributed by atoms with Crippen LogP contribution in [0.1, 0.15) is 30.6 Å². The van der Waals surface area contributed by atoms with Gasteiger partial charge in [0.1, 0.15) is 17.2 Å². The molecule has 0 radical (unpaired) electrons. The molecule has 1 aliphatic rings. The number of rotatable bonds is 5. The van der Waals surface area contributed by atoms with Crippen molar-refractivity contribution in [3.05, 3.63) is 41.8 Å². The number of carbonyl (C=O) groups is 1. The molecule has 1 N–H and O–H groups in total. The lowest BCUT2D eigenvalue weighted by atomic mass is 10.1. The van der Waals surface area contributed by atoms with Crippen LogP contribution in [0.3, 0.4) is 0 Å². The van der Waals surface area contributed by atoms with Gasteiger partial charge in [-0.25, -0.2) is 14.4 Å². The molecule has 1 atom stereocenters. The minimum absolute atomic E-state index is 0.0665. The lowest BCUT2D eigenvalue weighted by molar-refractivity contribution is 0.0937. The molecule has 2 heterocycles. The number of hydrogen-bond acceptors (Lipinski definition) is 5. The van der Waals surface area contributed by atoms with Crippen molar-refractivity contribution in [1.82, 2.24) is 15.3 Å². The van der Waals surface area contributed by atoms with Gasteiger partial charge in [-0.2, -0.15) is 0 Å². The Morgan fingerprint density at radius 1 is 1.31 bits per heavy atom. The van der Waals surface area contributed by atoms with E-state index >= 15 is 0 Å². The lowest BCUT2D eigenvalue weighted by Crippen LogP contribution is -2.39. The number of hydrogen-bond donors (Lipinski definition) is 1. The Hall–Kier alpha value is -2.54. The van der Waals surface area contributed by atoms with Crippen molar-refractivity contribution in [3.63, 3.8) is 0 Å². The molecule has 6 nitrogen and oxygen atoms in total. The monoisotopic (exact) mass is 358 g/mol. The number of morpholine rings is 1. The highest BCUT2D eigenvalue weighted by molar-refractivity contribution is 5.99. The summed E-state index contributed by atoms with van der Waals surface area (Å²) in [6.45, 7) is 6.46. The SMILES string of the molecule is CCC(C)NC(=O)c1cnc(-c2ccc(F)cc2)nc1N1CCOCC1. The first-order chi connectivity index (χ1) is 12.6. The van der Waals surface area contributed by atoms with Crippen LogP contribution < -0.4 is 10.2 Å². The maximum atomic E-state index is 13.2. The van der Waals surface area contributed by atoms with Gasteiger partial charge in [0.25, 0.3) is 5.91 Å². The van der Waals surface area contributed by atoms with Crippen LogP contribution in [0.4, 0.5) is 10.2 Å². The molecule has 138 valence electrons. The average Bonchev–Trinajstić information content (AvgIpc) is 2.68. The summed E-state index contributed by atoms with van der Waals surface area (Å²) >= 11 is 0. The summed E-state index contributed by atoms with van der Waals surface area (Å²) in [5.41, 5.74) is 1.15. The van der Waals surface area contributed by atoms with Gasteiger partial charge in [-0.1, -0.05) is 6.92 Å². The normalized spacial score (nSPS) is 15.6. The highest BCUT2D eigenvalue weighted by atomic mass is 19.1. The number of benzene rings is 1. The maximum Gasteiger partial charge on any atom is 0.256 e. The van der Waals surface area contributed by atoms with Gasteiger partial charge in [-0.3, -0.25) is 4.79 Å². The number of nitrogens with one attached hydrogen (secondary N) is 1. The third kappa shape index (κ3) is 4.16. The number of ether oxygens (including phenoxy) is 1. The Morgan fingerprint density at radius 2 is 2.00 bits per heavy atom. The Bertz CT molecular complexity index is 761. The molecule has 1 aromatic heterocycles. The molecule has 0 aliphatic carbocycles. The molecule has 26 heavy (non-hydrogen) atoms. The zero-order valence-corrected chi connectivity index (χ0v) is 15.0. The third-order valence-corrected chi connectivity index (χ3v) is 4.42. The summed E-state index contributed by atoms with van der Waals surface area (Å²) < 4.78 is 18.6. The summed E-state index contributed by atoms with van der Waals surface area (Å²) in [5, 5.41) is 2.97. The smallest absolute Gasteiger partial charge is 0.256 e. The Morgan fingerprint density at radius 3 is 2.65 bits per heavy atom. The Kier molecular flexibility index (Phi) is 5.78. The van der Waals surface area contributed by atoms with Crippen molar-refractivity contribution < 1.29 is 13.9 Å². The van der Waals surface area contributed by atoms with Crippen LogP contribution in [0.15, 0.2) is 30.5 Å². The molecule has 0 spiro atoms. The van der Waals surface area contributed by atoms with Crippen molar-refractivity contribution in [2.24, 2.45) is 0 Å². The number of carbonyl (C=O) groups excluding carboxylic acids is 1. The number of halogens is 1. The first-order valence-corrected chi connectivity index (χ1v) is 8.85. The van der Waals surface area contributed by atoms with Gasteiger partial charge in [0.05, 0.1) is 13.2 Å². The van der Waals surface area contributed by atoms with Crippen LogP contribution in [0.5, 0.6) is 0 Å². The maximum absolute atomic E-state index is 13.2. The van der Waals surface area contributed by atoms with E-state index in [2.05, 4.69) is 15.3 Å². The predicted octanol–water partition coefficient (Wildman–Crippen LogP) is 2.65. The van der Waals surface area contributed by atoms with E-state index < -0.39 is 0 Å². The number of anilines is 1. The van der Waals surface area contributed by atoms with Crippen molar-refractivity contribution in [1.29, 1.82) is 0 Å². The summed E-state index contributed by atoms with van der Waals surface area (Å²) in [4.78, 5) is 23.7.